The van der Waals surface area contributed by atoms with E-state index in [1.807, 2.05) is 12.1 Å². The third kappa shape index (κ3) is 2.24. The summed E-state index contributed by atoms with van der Waals surface area (Å²) in [5, 5.41) is 9.24. The minimum absolute atomic E-state index is 0.279. The fraction of sp³-hybridized carbons (Fsp3) is 0.222. The number of phenols is 1. The van der Waals surface area contributed by atoms with Gasteiger partial charge in [0.25, 0.3) is 0 Å². The molecule has 1 radical (unpaired) electrons. The summed E-state index contributed by atoms with van der Waals surface area (Å²) in [7, 11) is 0. The van der Waals surface area contributed by atoms with Gasteiger partial charge in [0.05, 0.1) is 6.61 Å². The van der Waals surface area contributed by atoms with Crippen molar-refractivity contribution in [2.75, 3.05) is 6.61 Å². The number of rotatable bonds is 3. The first-order valence-electron chi connectivity index (χ1n) is 3.48. The van der Waals surface area contributed by atoms with Crippen molar-refractivity contribution in [2.45, 2.75) is 6.61 Å². The lowest BCUT2D eigenvalue weighted by Crippen LogP contribution is -1.91. The van der Waals surface area contributed by atoms with Gasteiger partial charge in [0.2, 0.25) is 0 Å². The number of ether oxygens (including phenoxy) is 1. The number of hydrogen-bond donors (Lipinski definition) is 1. The summed E-state index contributed by atoms with van der Waals surface area (Å²) in [6, 6.07) is 7.11. The third-order valence-corrected chi connectivity index (χ3v) is 1.39. The second-order valence-electron chi connectivity index (χ2n) is 2.18. The molecule has 0 fully saturated rings. The Labute approximate surface area is 66.4 Å². The van der Waals surface area contributed by atoms with Crippen molar-refractivity contribution in [1.29, 1.82) is 0 Å². The van der Waals surface area contributed by atoms with Crippen LogP contribution in [0.1, 0.15) is 5.56 Å². The Balaban J connectivity index is 2.62. The number of hydrogen-bond acceptors (Lipinski definition) is 2. The Bertz CT molecular complexity index is 221. The molecule has 0 atom stereocenters. The smallest absolute Gasteiger partial charge is 0.121 e. The highest BCUT2D eigenvalue weighted by atomic mass is 16.5. The Kier molecular flexibility index (Phi) is 2.93. The van der Waals surface area contributed by atoms with Crippen LogP contribution in [0.2, 0.25) is 0 Å². The van der Waals surface area contributed by atoms with Crippen molar-refractivity contribution >= 4 is 0 Å². The lowest BCUT2D eigenvalue weighted by atomic mass is 10.2. The summed E-state index contributed by atoms with van der Waals surface area (Å²) in [5.74, 6) is 0.279. The first-order valence-corrected chi connectivity index (χ1v) is 3.48. The molecule has 0 saturated carbocycles. The molecule has 1 N–H and O–H groups in total. The lowest BCUT2D eigenvalue weighted by molar-refractivity contribution is 0.145. The van der Waals surface area contributed by atoms with Crippen molar-refractivity contribution in [2.24, 2.45) is 0 Å². The average Bonchev–Trinajstić information content (AvgIpc) is 2.03. The van der Waals surface area contributed by atoms with Crippen LogP contribution < -0.4 is 0 Å². The van der Waals surface area contributed by atoms with Crippen LogP contribution in [-0.2, 0) is 11.3 Å². The maximum Gasteiger partial charge on any atom is 0.121 e. The molecule has 11 heavy (non-hydrogen) atoms. The van der Waals surface area contributed by atoms with Crippen molar-refractivity contribution in [3.63, 3.8) is 0 Å². The molecule has 0 aliphatic heterocycles. The zero-order valence-corrected chi connectivity index (χ0v) is 6.29. The van der Waals surface area contributed by atoms with Crippen LogP contribution in [0, 0.1) is 6.92 Å². The molecule has 0 heterocycles. The quantitative estimate of drug-likeness (QED) is 0.713. The van der Waals surface area contributed by atoms with E-state index in [-0.39, 0.29) is 5.75 Å². The highest BCUT2D eigenvalue weighted by Gasteiger charge is 1.96. The summed E-state index contributed by atoms with van der Waals surface area (Å²) < 4.78 is 5.03. The van der Waals surface area contributed by atoms with Crippen LogP contribution in [0.15, 0.2) is 24.3 Å². The first kappa shape index (κ1) is 8.08. The zero-order valence-electron chi connectivity index (χ0n) is 6.29. The molecular weight excluding hydrogens is 140 g/mol. The minimum Gasteiger partial charge on any atom is -0.508 e. The predicted octanol–water partition coefficient (Wildman–Crippen LogP) is 1.74. The highest BCUT2D eigenvalue weighted by molar-refractivity contribution is 5.30. The van der Waals surface area contributed by atoms with Gasteiger partial charge < -0.3 is 9.84 Å². The van der Waals surface area contributed by atoms with Gasteiger partial charge in [-0.3, -0.25) is 0 Å². The maximum absolute atomic E-state index is 9.24. The van der Waals surface area contributed by atoms with E-state index in [9.17, 15) is 5.11 Å². The fourth-order valence-corrected chi connectivity index (χ4v) is 0.815. The van der Waals surface area contributed by atoms with Crippen molar-refractivity contribution in [3.8, 4) is 5.75 Å². The number of aromatic hydroxyl groups is 1. The molecule has 0 spiro atoms. The molecular formula is C9H11O2. The number of para-hydroxylation sites is 1. The second-order valence-corrected chi connectivity index (χ2v) is 2.18. The van der Waals surface area contributed by atoms with Crippen LogP contribution in [-0.4, -0.2) is 11.7 Å². The van der Waals surface area contributed by atoms with Gasteiger partial charge in [-0.25, -0.2) is 0 Å². The van der Waals surface area contributed by atoms with E-state index < -0.39 is 0 Å². The van der Waals surface area contributed by atoms with E-state index in [0.717, 1.165) is 5.56 Å². The van der Waals surface area contributed by atoms with Gasteiger partial charge in [-0.05, 0) is 13.0 Å². The van der Waals surface area contributed by atoms with E-state index in [1.54, 1.807) is 12.1 Å². The molecule has 0 amide bonds. The predicted molar refractivity (Wildman–Crippen MR) is 43.1 cm³/mol. The number of phenolic OH excluding ortho intramolecular Hbond substituents is 1. The van der Waals surface area contributed by atoms with Gasteiger partial charge in [-0.15, -0.1) is 0 Å². The Morgan fingerprint density at radius 1 is 1.36 bits per heavy atom. The van der Waals surface area contributed by atoms with Crippen molar-refractivity contribution in [1.82, 2.24) is 0 Å². The second kappa shape index (κ2) is 3.98. The highest BCUT2D eigenvalue weighted by Crippen LogP contribution is 2.15. The molecule has 0 aliphatic rings. The van der Waals surface area contributed by atoms with Gasteiger partial charge in [-0.1, -0.05) is 18.2 Å². The minimum atomic E-state index is 0.279. The molecule has 1 rings (SSSR count). The average molecular weight is 151 g/mol. The summed E-state index contributed by atoms with van der Waals surface area (Å²) in [6.07, 6.45) is 0. The van der Waals surface area contributed by atoms with Crippen LogP contribution in [0.4, 0.5) is 0 Å². The Morgan fingerprint density at radius 3 is 2.73 bits per heavy atom. The number of benzene rings is 1. The summed E-state index contributed by atoms with van der Waals surface area (Å²) in [6.45, 7) is 4.38. The summed E-state index contributed by atoms with van der Waals surface area (Å²) in [4.78, 5) is 0. The molecule has 0 aromatic heterocycles. The molecule has 59 valence electrons. The van der Waals surface area contributed by atoms with Gasteiger partial charge in [0.15, 0.2) is 0 Å². The monoisotopic (exact) mass is 151 g/mol. The summed E-state index contributed by atoms with van der Waals surface area (Å²) >= 11 is 0. The van der Waals surface area contributed by atoms with Crippen molar-refractivity contribution < 1.29 is 9.84 Å². The maximum atomic E-state index is 9.24. The van der Waals surface area contributed by atoms with Gasteiger partial charge >= 0.3 is 0 Å². The largest absolute Gasteiger partial charge is 0.508 e. The molecule has 0 bridgehead atoms. The molecule has 0 unspecified atom stereocenters. The zero-order chi connectivity index (χ0) is 8.10. The van der Waals surface area contributed by atoms with Crippen LogP contribution in [0.25, 0.3) is 0 Å². The van der Waals surface area contributed by atoms with Crippen LogP contribution >= 0.6 is 0 Å². The molecule has 1 aromatic rings. The SMILES string of the molecule is [CH2]COCc1ccccc1O. The lowest BCUT2D eigenvalue weighted by Gasteiger charge is -2.02. The fourth-order valence-electron chi connectivity index (χ4n) is 0.815. The topological polar surface area (TPSA) is 29.5 Å². The van der Waals surface area contributed by atoms with E-state index in [2.05, 4.69) is 6.92 Å². The molecule has 2 nitrogen and oxygen atoms in total. The van der Waals surface area contributed by atoms with E-state index in [0.29, 0.717) is 13.2 Å². The molecule has 0 saturated heterocycles. The van der Waals surface area contributed by atoms with Crippen LogP contribution in [0.5, 0.6) is 5.75 Å². The third-order valence-electron chi connectivity index (χ3n) is 1.39. The Morgan fingerprint density at radius 2 is 2.09 bits per heavy atom. The standard InChI is InChI=1S/C9H11O2/c1-2-11-7-8-5-3-4-6-9(8)10/h3-6,10H,1-2,7H2. The molecule has 2 heteroatoms. The van der Waals surface area contributed by atoms with E-state index in [1.165, 1.54) is 0 Å². The van der Waals surface area contributed by atoms with E-state index in [4.69, 9.17) is 4.74 Å². The van der Waals surface area contributed by atoms with Crippen molar-refractivity contribution in [3.05, 3.63) is 36.8 Å². The summed E-state index contributed by atoms with van der Waals surface area (Å²) in [5.41, 5.74) is 0.802. The van der Waals surface area contributed by atoms with Gasteiger partial charge in [0, 0.05) is 12.2 Å². The molecule has 0 aliphatic carbocycles. The van der Waals surface area contributed by atoms with Gasteiger partial charge in [-0.2, -0.15) is 0 Å². The van der Waals surface area contributed by atoms with Crippen LogP contribution in [0.3, 0.4) is 0 Å². The Hall–Kier alpha value is -1.02. The first-order chi connectivity index (χ1) is 5.34. The van der Waals surface area contributed by atoms with E-state index >= 15 is 0 Å². The van der Waals surface area contributed by atoms with Gasteiger partial charge in [0.1, 0.15) is 5.75 Å². The molecule has 1 aromatic carbocycles. The normalized spacial score (nSPS) is 9.91.